The predicted octanol–water partition coefficient (Wildman–Crippen LogP) is -10.3. The SMILES string of the molecule is O=S(=O)([O-])c1ccc2c(S(=O)(=O)[O-])cc([O-])c(N=Nc3cc(S(=O)(=O)[O-])c4cc(Nc5nc(F)nc(F)c5Cl)cc(S(=O)(=O)[O-])c4c3[O-])c2c1.[Cu+2].[K+].[K+].[K+].[K+]. The fourth-order valence-corrected chi connectivity index (χ4v) is 7.24. The maximum Gasteiger partial charge on any atom is 2.00 e. The quantitative estimate of drug-likeness (QED) is 0.0496. The maximum absolute atomic E-state index is 13.8. The third-order valence-corrected chi connectivity index (χ3v) is 10.3. The number of benzene rings is 4. The molecule has 0 fully saturated rings. The van der Waals surface area contributed by atoms with Crippen LogP contribution < -0.4 is 221 Å². The average Bonchev–Trinajstić information content (AvgIpc) is 2.97. The zero-order valence-corrected chi connectivity index (χ0v) is 45.1. The smallest absolute Gasteiger partial charge is 0.871 e. The van der Waals surface area contributed by atoms with E-state index in [2.05, 4.69) is 25.5 Å². The summed E-state index contributed by atoms with van der Waals surface area (Å²) in [5.41, 5.74) is -2.99. The van der Waals surface area contributed by atoms with E-state index in [0.29, 0.717) is 30.3 Å². The van der Waals surface area contributed by atoms with Crippen molar-refractivity contribution in [2.24, 2.45) is 10.2 Å². The van der Waals surface area contributed by atoms with E-state index in [4.69, 9.17) is 11.6 Å². The third-order valence-electron chi connectivity index (χ3n) is 6.50. The van der Waals surface area contributed by atoms with Crippen molar-refractivity contribution in [2.75, 3.05) is 5.32 Å². The molecule has 0 amide bonds. The molecule has 1 aromatic heterocycles. The van der Waals surface area contributed by atoms with Gasteiger partial charge in [-0.3, -0.25) is 0 Å². The monoisotopic (exact) mass is 1010 g/mol. The minimum Gasteiger partial charge on any atom is -0.871 e. The summed E-state index contributed by atoms with van der Waals surface area (Å²) in [7, 11) is -22.3. The van der Waals surface area contributed by atoms with Crippen molar-refractivity contribution < 1.29 is 293 Å². The van der Waals surface area contributed by atoms with Gasteiger partial charge in [-0.15, -0.1) is 0 Å². The molecule has 0 atom stereocenters. The summed E-state index contributed by atoms with van der Waals surface area (Å²) in [6, 6.07) is 3.10. The van der Waals surface area contributed by atoms with Gasteiger partial charge in [0.05, 0.1) is 31.0 Å². The molecule has 0 spiro atoms. The summed E-state index contributed by atoms with van der Waals surface area (Å²) < 4.78 is 171. The van der Waals surface area contributed by atoms with Crippen LogP contribution in [0.3, 0.4) is 0 Å². The van der Waals surface area contributed by atoms with Gasteiger partial charge in [0.15, 0.2) is 5.82 Å². The molecule has 0 saturated heterocycles. The van der Waals surface area contributed by atoms with Crippen molar-refractivity contribution in [1.82, 2.24) is 9.97 Å². The van der Waals surface area contributed by atoms with E-state index in [9.17, 15) is 70.9 Å². The maximum atomic E-state index is 13.8. The van der Waals surface area contributed by atoms with E-state index in [-0.39, 0.29) is 235 Å². The van der Waals surface area contributed by atoms with Gasteiger partial charge in [0.25, 0.3) is 0 Å². The van der Waals surface area contributed by atoms with Crippen LogP contribution in [-0.4, -0.2) is 61.9 Å². The zero-order valence-electron chi connectivity index (χ0n) is 27.6. The second-order valence-corrected chi connectivity index (χ2v) is 15.4. The Labute approximate surface area is 494 Å². The molecule has 19 nitrogen and oxygen atoms in total. The molecule has 5 aromatic rings. The number of nitrogens with one attached hydrogen (secondary N) is 1. The fourth-order valence-electron chi connectivity index (χ4n) is 4.51. The van der Waals surface area contributed by atoms with Crippen LogP contribution in [0.2, 0.25) is 5.02 Å². The Morgan fingerprint density at radius 3 is 1.73 bits per heavy atom. The van der Waals surface area contributed by atoms with Crippen LogP contribution in [0.4, 0.5) is 31.7 Å². The molecule has 1 heterocycles. The molecule has 31 heteroatoms. The van der Waals surface area contributed by atoms with Crippen molar-refractivity contribution in [3.8, 4) is 11.5 Å². The number of nitrogens with zero attached hydrogens (tertiary/aromatic N) is 4. The molecular weight excluding hydrogens is 1000 g/mol. The van der Waals surface area contributed by atoms with E-state index >= 15 is 0 Å². The van der Waals surface area contributed by atoms with Crippen molar-refractivity contribution in [3.05, 3.63) is 59.5 Å². The van der Waals surface area contributed by atoms with E-state index in [1.807, 2.05) is 0 Å². The van der Waals surface area contributed by atoms with Gasteiger partial charge in [0, 0.05) is 21.8 Å². The second-order valence-electron chi connectivity index (χ2n) is 9.64. The summed E-state index contributed by atoms with van der Waals surface area (Å²) in [5, 5.41) is 30.4. The number of halogens is 3. The zero-order chi connectivity index (χ0) is 37.3. The molecule has 0 aliphatic carbocycles. The van der Waals surface area contributed by atoms with Crippen LogP contribution in [0.25, 0.3) is 21.5 Å². The second kappa shape index (κ2) is 21.6. The third kappa shape index (κ3) is 13.2. The Kier molecular flexibility index (Phi) is 22.5. The van der Waals surface area contributed by atoms with Gasteiger partial charge in [0.1, 0.15) is 45.5 Å². The summed E-state index contributed by atoms with van der Waals surface area (Å²) in [6.07, 6.45) is -1.68. The Balaban J connectivity index is 0.00000583. The van der Waals surface area contributed by atoms with Crippen LogP contribution in [0.15, 0.2) is 72.3 Å². The molecule has 0 saturated carbocycles. The Bertz CT molecular complexity index is 2830. The van der Waals surface area contributed by atoms with Crippen molar-refractivity contribution in [1.29, 1.82) is 0 Å². The van der Waals surface area contributed by atoms with Gasteiger partial charge in [0.2, 0.25) is 5.95 Å². The predicted molar refractivity (Wildman–Crippen MR) is 153 cm³/mol. The topological polar surface area (TPSA) is 337 Å². The first-order valence-electron chi connectivity index (χ1n) is 12.4. The average molecular weight is 1010 g/mol. The molecule has 5 rings (SSSR count). The largest absolute Gasteiger partial charge is 2.00 e. The van der Waals surface area contributed by atoms with Crippen LogP contribution in [-0.2, 0) is 57.5 Å². The summed E-state index contributed by atoms with van der Waals surface area (Å²) in [5.74, 6) is -5.60. The Morgan fingerprint density at radius 1 is 0.655 bits per heavy atom. The van der Waals surface area contributed by atoms with E-state index in [1.54, 1.807) is 0 Å². The van der Waals surface area contributed by atoms with Crippen molar-refractivity contribution in [2.45, 2.75) is 19.6 Å². The van der Waals surface area contributed by atoms with Crippen LogP contribution in [0.5, 0.6) is 11.5 Å². The Morgan fingerprint density at radius 2 is 1.20 bits per heavy atom. The molecule has 0 aliphatic heterocycles. The molecule has 4 aromatic carbocycles. The van der Waals surface area contributed by atoms with Crippen LogP contribution >= 0.6 is 11.6 Å². The molecule has 55 heavy (non-hydrogen) atoms. The normalized spacial score (nSPS) is 11.8. The van der Waals surface area contributed by atoms with Crippen LogP contribution in [0, 0.1) is 12.0 Å². The molecule has 0 aliphatic rings. The van der Waals surface area contributed by atoms with Gasteiger partial charge in [-0.25, -0.2) is 33.7 Å². The number of hydrogen-bond donors (Lipinski definition) is 1. The summed E-state index contributed by atoms with van der Waals surface area (Å²) in [4.78, 5) is 0.619. The van der Waals surface area contributed by atoms with Gasteiger partial charge < -0.3 is 33.7 Å². The number of fused-ring (bicyclic) bond motifs is 2. The van der Waals surface area contributed by atoms with E-state index in [1.165, 1.54) is 0 Å². The first-order valence-corrected chi connectivity index (χ1v) is 18.4. The first-order chi connectivity index (χ1) is 22.9. The van der Waals surface area contributed by atoms with Gasteiger partial charge in [-0.2, -0.15) is 29.0 Å². The fraction of sp³-hybridized carbons (Fsp3) is 0. The summed E-state index contributed by atoms with van der Waals surface area (Å²) in [6.45, 7) is 0. The van der Waals surface area contributed by atoms with E-state index < -0.39 is 133 Å². The minimum atomic E-state index is -5.81. The number of aromatic nitrogens is 2. The van der Waals surface area contributed by atoms with Gasteiger partial charge in [-0.1, -0.05) is 29.2 Å². The molecule has 273 valence electrons. The minimum absolute atomic E-state index is 0. The first kappa shape index (κ1) is 57.3. The molecular formula is C24H8ClCuF2K4N5O14S4. The summed E-state index contributed by atoms with van der Waals surface area (Å²) >= 11 is 5.67. The molecule has 0 bridgehead atoms. The number of rotatable bonds is 8. The van der Waals surface area contributed by atoms with Crippen LogP contribution in [0.1, 0.15) is 0 Å². The number of azo groups is 1. The van der Waals surface area contributed by atoms with E-state index in [0.717, 1.165) is 0 Å². The standard InChI is InChI=1S/C24H14ClF2N5O14S4.Cu.4K/c25-19-22(26)29-24(27)30-23(19)28-8-3-12-15(48(38,39)40)6-13(21(34)18(12)17(4-8)50(44,45)46)31-32-20-11-5-9(47(35,36)37)1-2-10(11)16(7-14(20)33)49(41,42)43;;;;;/h1-7,33-34H,(H,28,29,30)(H,35,36,37)(H,38,39,40)(H,41,42,43)(H,44,45,46);;;;;/q;+2;4*+1/p-6. The number of hydrogen-bond acceptors (Lipinski definition) is 19. The number of anilines is 2. The van der Waals surface area contributed by atoms with Gasteiger partial charge in [-0.05, 0) is 41.8 Å². The van der Waals surface area contributed by atoms with Crippen molar-refractivity contribution in [3.63, 3.8) is 0 Å². The van der Waals surface area contributed by atoms with Gasteiger partial charge >= 0.3 is 229 Å². The van der Waals surface area contributed by atoms with Crippen molar-refractivity contribution >= 4 is 96.5 Å². The molecule has 1 N–H and O–H groups in total. The Hall–Kier alpha value is 2.33. The molecule has 0 unspecified atom stereocenters. The molecule has 1 radical (unpaired) electrons.